The van der Waals surface area contributed by atoms with Crippen LogP contribution in [0.1, 0.15) is 27.4 Å². The van der Waals surface area contributed by atoms with Crippen LogP contribution in [0.15, 0.2) is 40.9 Å². The van der Waals surface area contributed by atoms with Crippen molar-refractivity contribution < 1.29 is 35.9 Å². The molecule has 0 aliphatic heterocycles. The first-order valence-electron chi connectivity index (χ1n) is 9.22. The maximum atomic E-state index is 13.0. The Bertz CT molecular complexity index is 1140. The van der Waals surface area contributed by atoms with E-state index in [1.54, 1.807) is 5.32 Å². The summed E-state index contributed by atoms with van der Waals surface area (Å²) in [5.41, 5.74) is -0.917. The molecule has 4 nitrogen and oxygen atoms in total. The number of amides is 2. The van der Waals surface area contributed by atoms with Gasteiger partial charge in [0.15, 0.2) is 0 Å². The summed E-state index contributed by atoms with van der Waals surface area (Å²) in [4.78, 5) is 24.8. The maximum absolute atomic E-state index is 13.0. The predicted molar refractivity (Wildman–Crippen MR) is 118 cm³/mol. The molecule has 184 valence electrons. The van der Waals surface area contributed by atoms with E-state index in [4.69, 9.17) is 34.8 Å². The van der Waals surface area contributed by atoms with Crippen molar-refractivity contribution >= 4 is 68.2 Å². The number of halogens is 10. The zero-order valence-corrected chi connectivity index (χ0v) is 20.3. The molecule has 0 spiro atoms. The lowest BCUT2D eigenvalue weighted by atomic mass is 10.1. The van der Waals surface area contributed by atoms with Crippen LogP contribution in [0, 0.1) is 5.92 Å². The fraction of sp³-hybridized carbons (Fsp3) is 0.300. The number of rotatable bonds is 5. The molecule has 3 rings (SSSR count). The Labute approximate surface area is 212 Å². The number of alkyl halides is 8. The first-order valence-corrected chi connectivity index (χ1v) is 11.1. The van der Waals surface area contributed by atoms with E-state index < -0.39 is 52.4 Å². The van der Waals surface area contributed by atoms with Gasteiger partial charge in [-0.15, -0.1) is 23.2 Å². The average Bonchev–Trinajstić information content (AvgIpc) is 3.28. The third kappa shape index (κ3) is 5.92. The van der Waals surface area contributed by atoms with Gasteiger partial charge in [-0.05, 0) is 35.9 Å². The molecule has 1 fully saturated rings. The van der Waals surface area contributed by atoms with Gasteiger partial charge in [-0.3, -0.25) is 9.59 Å². The third-order valence-corrected chi connectivity index (χ3v) is 6.85. The molecular formula is C20H12BrCl3F6N2O2. The molecule has 34 heavy (non-hydrogen) atoms. The van der Waals surface area contributed by atoms with Crippen molar-refractivity contribution in [1.29, 1.82) is 0 Å². The lowest BCUT2D eigenvalue weighted by Gasteiger charge is -2.12. The minimum absolute atomic E-state index is 0.0231. The number of benzene rings is 2. The number of anilines is 1. The molecule has 2 aromatic rings. The van der Waals surface area contributed by atoms with Crippen LogP contribution in [0.25, 0.3) is 0 Å². The summed E-state index contributed by atoms with van der Waals surface area (Å²) in [5.74, 6) is -3.72. The van der Waals surface area contributed by atoms with Crippen molar-refractivity contribution in [3.05, 3.63) is 62.6 Å². The lowest BCUT2D eigenvalue weighted by molar-refractivity contribution is -0.138. The molecule has 0 radical (unpaired) electrons. The van der Waals surface area contributed by atoms with Gasteiger partial charge in [0.2, 0.25) is 5.91 Å². The summed E-state index contributed by atoms with van der Waals surface area (Å²) in [6.07, 6.45) is -9.22. The van der Waals surface area contributed by atoms with Crippen LogP contribution in [0.3, 0.4) is 0 Å². The minimum Gasteiger partial charge on any atom is -0.343 e. The summed E-state index contributed by atoms with van der Waals surface area (Å²) in [7, 11) is 0. The van der Waals surface area contributed by atoms with Gasteiger partial charge in [-0.25, -0.2) is 0 Å². The highest BCUT2D eigenvalue weighted by Crippen LogP contribution is 2.65. The highest BCUT2D eigenvalue weighted by Gasteiger charge is 2.67. The van der Waals surface area contributed by atoms with Crippen LogP contribution in [0.4, 0.5) is 32.0 Å². The van der Waals surface area contributed by atoms with Crippen LogP contribution < -0.4 is 10.6 Å². The van der Waals surface area contributed by atoms with E-state index in [-0.39, 0.29) is 26.3 Å². The number of hydrogen-bond donors (Lipinski definition) is 2. The Kier molecular flexibility index (Phi) is 7.44. The zero-order chi connectivity index (χ0) is 25.6. The van der Waals surface area contributed by atoms with Crippen molar-refractivity contribution in [3.63, 3.8) is 0 Å². The summed E-state index contributed by atoms with van der Waals surface area (Å²) < 4.78 is 74.1. The van der Waals surface area contributed by atoms with Gasteiger partial charge in [0.05, 0.1) is 22.1 Å². The molecule has 0 bridgehead atoms. The molecule has 1 saturated carbocycles. The number of carbonyl (C=O) groups is 2. The van der Waals surface area contributed by atoms with E-state index in [1.165, 1.54) is 18.2 Å². The van der Waals surface area contributed by atoms with Gasteiger partial charge in [-0.1, -0.05) is 33.6 Å². The first kappa shape index (κ1) is 26.9. The highest BCUT2D eigenvalue weighted by molar-refractivity contribution is 9.10. The van der Waals surface area contributed by atoms with Gasteiger partial charge in [-0.2, -0.15) is 26.3 Å². The smallest absolute Gasteiger partial charge is 0.343 e. The van der Waals surface area contributed by atoms with E-state index in [0.717, 1.165) is 18.2 Å². The molecule has 0 aromatic heterocycles. The standard InChI is InChI=1S/C20H12BrCl3F6N2O2/c21-12-5-8(1-3-11(12)20(28,29)30)14-15(19(14,23)24)17(34)32-9-2-4-13(22)10(6-9)16(33)31-7-18(25,26)27/h1-6,14-15H,7H2,(H,31,33)(H,32,34)/t14-,15+/m0/s1. The zero-order valence-electron chi connectivity index (χ0n) is 16.4. The fourth-order valence-electron chi connectivity index (χ4n) is 3.30. The Morgan fingerprint density at radius 2 is 1.68 bits per heavy atom. The topological polar surface area (TPSA) is 58.2 Å². The molecule has 2 aromatic carbocycles. The van der Waals surface area contributed by atoms with Crippen molar-refractivity contribution in [2.45, 2.75) is 22.6 Å². The van der Waals surface area contributed by atoms with E-state index in [2.05, 4.69) is 21.2 Å². The van der Waals surface area contributed by atoms with Crippen LogP contribution in [-0.2, 0) is 11.0 Å². The molecule has 0 heterocycles. The Morgan fingerprint density at radius 1 is 1.03 bits per heavy atom. The van der Waals surface area contributed by atoms with Gasteiger partial charge < -0.3 is 10.6 Å². The number of hydrogen-bond acceptors (Lipinski definition) is 2. The second-order valence-electron chi connectivity index (χ2n) is 7.35. The maximum Gasteiger partial charge on any atom is 0.417 e. The van der Waals surface area contributed by atoms with E-state index >= 15 is 0 Å². The number of nitrogens with one attached hydrogen (secondary N) is 2. The number of carbonyl (C=O) groups excluding carboxylic acids is 2. The van der Waals surface area contributed by atoms with E-state index in [0.29, 0.717) is 0 Å². The van der Waals surface area contributed by atoms with E-state index in [9.17, 15) is 35.9 Å². The van der Waals surface area contributed by atoms with Crippen molar-refractivity contribution in [3.8, 4) is 0 Å². The van der Waals surface area contributed by atoms with Gasteiger partial charge in [0.25, 0.3) is 5.91 Å². The van der Waals surface area contributed by atoms with Crippen LogP contribution in [0.2, 0.25) is 5.02 Å². The monoisotopic (exact) mass is 610 g/mol. The normalized spacial score (nSPS) is 19.5. The Morgan fingerprint density at radius 3 is 2.24 bits per heavy atom. The van der Waals surface area contributed by atoms with Crippen LogP contribution in [0.5, 0.6) is 0 Å². The molecular weight excluding hydrogens is 600 g/mol. The van der Waals surface area contributed by atoms with Gasteiger partial charge in [0.1, 0.15) is 10.9 Å². The molecule has 1 aliphatic carbocycles. The molecule has 2 N–H and O–H groups in total. The Balaban J connectivity index is 1.76. The predicted octanol–water partition coefficient (Wildman–Crippen LogP) is 6.94. The van der Waals surface area contributed by atoms with Crippen LogP contribution >= 0.6 is 50.7 Å². The lowest BCUT2D eigenvalue weighted by Crippen LogP contribution is -2.33. The molecule has 2 atom stereocenters. The summed E-state index contributed by atoms with van der Waals surface area (Å²) in [6, 6.07) is 6.74. The highest BCUT2D eigenvalue weighted by atomic mass is 79.9. The summed E-state index contributed by atoms with van der Waals surface area (Å²) in [5, 5.41) is 3.96. The molecule has 1 aliphatic rings. The van der Waals surface area contributed by atoms with E-state index in [1.807, 2.05) is 0 Å². The SMILES string of the molecule is O=C(NCC(F)(F)F)c1cc(NC(=O)[C@H]2[C@H](c3ccc(C(F)(F)F)c(Br)c3)C2(Cl)Cl)ccc1Cl. The fourth-order valence-corrected chi connectivity index (χ4v) is 4.95. The second kappa shape index (κ2) is 9.40. The largest absolute Gasteiger partial charge is 0.417 e. The summed E-state index contributed by atoms with van der Waals surface area (Å²) >= 11 is 21.2. The van der Waals surface area contributed by atoms with Crippen LogP contribution in [-0.4, -0.2) is 28.9 Å². The van der Waals surface area contributed by atoms with Gasteiger partial charge in [0, 0.05) is 16.1 Å². The van der Waals surface area contributed by atoms with Crippen molar-refractivity contribution in [1.82, 2.24) is 5.32 Å². The third-order valence-electron chi connectivity index (χ3n) is 4.92. The first-order chi connectivity index (χ1) is 15.5. The molecule has 0 unspecified atom stereocenters. The molecule has 2 amide bonds. The average molecular weight is 613 g/mol. The molecule has 14 heteroatoms. The van der Waals surface area contributed by atoms with Gasteiger partial charge >= 0.3 is 12.4 Å². The van der Waals surface area contributed by atoms with Crippen molar-refractivity contribution in [2.24, 2.45) is 5.92 Å². The second-order valence-corrected chi connectivity index (χ2v) is 10.1. The summed E-state index contributed by atoms with van der Waals surface area (Å²) in [6.45, 7) is -1.58. The minimum atomic E-state index is -4.63. The van der Waals surface area contributed by atoms with Crippen molar-refractivity contribution in [2.75, 3.05) is 11.9 Å². The Hall–Kier alpha value is -1.69. The quantitative estimate of drug-likeness (QED) is 0.284. The molecule has 0 saturated heterocycles.